The van der Waals surface area contributed by atoms with E-state index < -0.39 is 23.7 Å². The minimum absolute atomic E-state index is 0.0932. The fraction of sp³-hybridized carbons (Fsp3) is 0.0800. The van der Waals surface area contributed by atoms with Crippen molar-refractivity contribution in [3.8, 4) is 0 Å². The predicted molar refractivity (Wildman–Crippen MR) is 131 cm³/mol. The first kappa shape index (κ1) is 22.7. The number of amides is 1. The number of anilines is 1. The van der Waals surface area contributed by atoms with E-state index >= 15 is 0 Å². The number of ketones is 1. The van der Waals surface area contributed by atoms with E-state index in [1.807, 2.05) is 0 Å². The van der Waals surface area contributed by atoms with Crippen molar-refractivity contribution in [3.63, 3.8) is 0 Å². The molecule has 0 bridgehead atoms. The Balaban J connectivity index is 1.71. The number of halogens is 1. The van der Waals surface area contributed by atoms with Crippen LogP contribution >= 0.6 is 22.9 Å². The lowest BCUT2D eigenvalue weighted by atomic mass is 9.95. The van der Waals surface area contributed by atoms with Crippen LogP contribution in [0, 0.1) is 0 Å². The molecule has 1 aliphatic heterocycles. The van der Waals surface area contributed by atoms with Crippen molar-refractivity contribution in [2.45, 2.75) is 6.04 Å². The molecule has 4 aromatic rings. The molecule has 8 nitrogen and oxygen atoms in total. The predicted octanol–water partition coefficient (Wildman–Crippen LogP) is 4.76. The van der Waals surface area contributed by atoms with Crippen LogP contribution in [0.15, 0.2) is 72.6 Å². The van der Waals surface area contributed by atoms with Gasteiger partial charge in [-0.05, 0) is 48.0 Å². The zero-order chi connectivity index (χ0) is 24.7. The minimum atomic E-state index is -0.981. The highest BCUT2D eigenvalue weighted by molar-refractivity contribution is 7.22. The van der Waals surface area contributed by atoms with Crippen molar-refractivity contribution in [3.05, 3.63) is 94.3 Å². The van der Waals surface area contributed by atoms with Crippen LogP contribution in [0.2, 0.25) is 5.02 Å². The van der Waals surface area contributed by atoms with Crippen molar-refractivity contribution >= 4 is 61.7 Å². The summed E-state index contributed by atoms with van der Waals surface area (Å²) < 4.78 is 5.49. The van der Waals surface area contributed by atoms with Gasteiger partial charge in [-0.25, -0.2) is 9.78 Å². The van der Waals surface area contributed by atoms with E-state index in [4.69, 9.17) is 16.3 Å². The smallest absolute Gasteiger partial charge is 0.337 e. The SMILES string of the molecule is COC(=O)c1ccc(C2C(=C(O)c3ccncc3)C(=O)C(=O)N2c2nc3ccc(Cl)cc3s2)cc1. The number of hydrogen-bond acceptors (Lipinski definition) is 8. The number of rotatable bonds is 4. The average molecular weight is 506 g/mol. The number of carbonyl (C=O) groups is 3. The van der Waals surface area contributed by atoms with Gasteiger partial charge in [-0.2, -0.15) is 0 Å². The number of ether oxygens (including phenoxy) is 1. The molecule has 1 N–H and O–H groups in total. The molecule has 0 radical (unpaired) electrons. The van der Waals surface area contributed by atoms with Crippen molar-refractivity contribution in [2.75, 3.05) is 12.0 Å². The normalized spacial score (nSPS) is 17.2. The van der Waals surface area contributed by atoms with Gasteiger partial charge < -0.3 is 9.84 Å². The number of Topliss-reactive ketones (excluding diaryl/α,β-unsaturated/α-hetero) is 1. The number of fused-ring (bicyclic) bond motifs is 1. The number of esters is 1. The number of aliphatic hydroxyl groups excluding tert-OH is 1. The molecule has 35 heavy (non-hydrogen) atoms. The third-order valence-corrected chi connectivity index (χ3v) is 6.84. The van der Waals surface area contributed by atoms with E-state index in [1.165, 1.54) is 47.9 Å². The Bertz CT molecular complexity index is 1520. The number of nitrogens with zero attached hydrogens (tertiary/aromatic N) is 3. The van der Waals surface area contributed by atoms with E-state index in [0.717, 1.165) is 4.70 Å². The van der Waals surface area contributed by atoms with Crippen LogP contribution in [-0.2, 0) is 14.3 Å². The number of thiazole rings is 1. The lowest BCUT2D eigenvalue weighted by molar-refractivity contribution is -0.132. The topological polar surface area (TPSA) is 110 Å². The molecule has 1 aliphatic rings. The Hall–Kier alpha value is -4.08. The number of carbonyl (C=O) groups excluding carboxylic acids is 3. The highest BCUT2D eigenvalue weighted by Gasteiger charge is 2.48. The Labute approximate surface area is 208 Å². The van der Waals surface area contributed by atoms with Gasteiger partial charge in [0.25, 0.3) is 5.78 Å². The summed E-state index contributed by atoms with van der Waals surface area (Å²) in [5.74, 6) is -2.53. The standard InChI is InChI=1S/C25H16ClN3O5S/c1-34-24(33)15-4-2-13(3-5-15)20-19(21(30)14-8-10-27-11-9-14)22(31)23(32)29(20)25-28-17-7-6-16(26)12-18(17)35-25/h2-12,20,30H,1H3. The van der Waals surface area contributed by atoms with Gasteiger partial charge in [-0.1, -0.05) is 35.1 Å². The highest BCUT2D eigenvalue weighted by Crippen LogP contribution is 2.44. The third kappa shape index (κ3) is 3.94. The fourth-order valence-electron chi connectivity index (χ4n) is 3.92. The van der Waals surface area contributed by atoms with Gasteiger partial charge in [0.1, 0.15) is 5.76 Å². The number of methoxy groups -OCH3 is 1. The van der Waals surface area contributed by atoms with E-state index in [2.05, 4.69) is 9.97 Å². The van der Waals surface area contributed by atoms with Crippen LogP contribution in [0.4, 0.5) is 5.13 Å². The van der Waals surface area contributed by atoms with E-state index in [-0.39, 0.29) is 16.5 Å². The molecule has 1 atom stereocenters. The summed E-state index contributed by atoms with van der Waals surface area (Å²) in [7, 11) is 1.28. The monoisotopic (exact) mass is 505 g/mol. The van der Waals surface area contributed by atoms with Gasteiger partial charge in [0.2, 0.25) is 0 Å². The molecule has 0 spiro atoms. The van der Waals surface area contributed by atoms with E-state index in [1.54, 1.807) is 42.5 Å². The zero-order valence-electron chi connectivity index (χ0n) is 18.1. The lowest BCUT2D eigenvalue weighted by Crippen LogP contribution is -2.29. The van der Waals surface area contributed by atoms with Crippen LogP contribution in [0.3, 0.4) is 0 Å². The number of hydrogen-bond donors (Lipinski definition) is 1. The fourth-order valence-corrected chi connectivity index (χ4v) is 5.19. The minimum Gasteiger partial charge on any atom is -0.507 e. The quantitative estimate of drug-likeness (QED) is 0.184. The second kappa shape index (κ2) is 8.94. The molecule has 5 rings (SSSR count). The largest absolute Gasteiger partial charge is 0.507 e. The van der Waals surface area contributed by atoms with E-state index in [0.29, 0.717) is 27.2 Å². The van der Waals surface area contributed by atoms with Crippen LogP contribution in [0.25, 0.3) is 16.0 Å². The molecule has 0 saturated carbocycles. The molecule has 1 saturated heterocycles. The lowest BCUT2D eigenvalue weighted by Gasteiger charge is -2.23. The van der Waals surface area contributed by atoms with Gasteiger partial charge in [-0.3, -0.25) is 19.5 Å². The second-order valence-electron chi connectivity index (χ2n) is 7.63. The molecule has 0 aliphatic carbocycles. The first-order valence-electron chi connectivity index (χ1n) is 10.3. The maximum Gasteiger partial charge on any atom is 0.337 e. The molecule has 10 heteroatoms. The molecule has 2 aromatic carbocycles. The van der Waals surface area contributed by atoms with Crippen LogP contribution in [0.1, 0.15) is 27.5 Å². The first-order valence-corrected chi connectivity index (χ1v) is 11.5. The summed E-state index contributed by atoms with van der Waals surface area (Å²) >= 11 is 7.31. The van der Waals surface area contributed by atoms with Crippen molar-refractivity contribution in [1.82, 2.24) is 9.97 Å². The Morgan fingerprint density at radius 3 is 2.46 bits per heavy atom. The number of benzene rings is 2. The maximum absolute atomic E-state index is 13.3. The summed E-state index contributed by atoms with van der Waals surface area (Å²) in [6.45, 7) is 0. The van der Waals surface area contributed by atoms with Crippen molar-refractivity contribution < 1.29 is 24.2 Å². The third-order valence-electron chi connectivity index (χ3n) is 5.59. The van der Waals surface area contributed by atoms with Crippen LogP contribution in [0.5, 0.6) is 0 Å². The molecule has 1 unspecified atom stereocenters. The molecular formula is C25H16ClN3O5S. The maximum atomic E-state index is 13.3. The summed E-state index contributed by atoms with van der Waals surface area (Å²) in [6.07, 6.45) is 2.95. The number of aliphatic hydroxyl groups is 1. The van der Waals surface area contributed by atoms with Gasteiger partial charge in [0, 0.05) is 23.0 Å². The average Bonchev–Trinajstić information content (AvgIpc) is 3.41. The van der Waals surface area contributed by atoms with Gasteiger partial charge in [0.05, 0.1) is 34.5 Å². The molecule has 174 valence electrons. The summed E-state index contributed by atoms with van der Waals surface area (Å²) in [5, 5.41) is 11.9. The zero-order valence-corrected chi connectivity index (χ0v) is 19.7. The Kier molecular flexibility index (Phi) is 5.80. The molecule has 2 aromatic heterocycles. The Morgan fingerprint density at radius 1 is 1.06 bits per heavy atom. The molecular weight excluding hydrogens is 490 g/mol. The van der Waals surface area contributed by atoms with Gasteiger partial charge >= 0.3 is 11.9 Å². The van der Waals surface area contributed by atoms with Crippen LogP contribution < -0.4 is 4.90 Å². The summed E-state index contributed by atoms with van der Waals surface area (Å²) in [4.78, 5) is 48.2. The number of aromatic nitrogens is 2. The van der Waals surface area contributed by atoms with Crippen molar-refractivity contribution in [1.29, 1.82) is 0 Å². The van der Waals surface area contributed by atoms with Crippen LogP contribution in [-0.4, -0.2) is 39.8 Å². The van der Waals surface area contributed by atoms with Crippen molar-refractivity contribution in [2.24, 2.45) is 0 Å². The van der Waals surface area contributed by atoms with Gasteiger partial charge in [0.15, 0.2) is 5.13 Å². The van der Waals surface area contributed by atoms with E-state index in [9.17, 15) is 19.5 Å². The van der Waals surface area contributed by atoms with Gasteiger partial charge in [-0.15, -0.1) is 0 Å². The highest BCUT2D eigenvalue weighted by atomic mass is 35.5. The summed E-state index contributed by atoms with van der Waals surface area (Å²) in [6, 6.07) is 13.5. The first-order chi connectivity index (χ1) is 16.9. The molecule has 1 fully saturated rings. The Morgan fingerprint density at radius 2 is 1.77 bits per heavy atom. The molecule has 1 amide bonds. The molecule has 3 heterocycles. The second-order valence-corrected chi connectivity index (χ2v) is 9.07. The summed E-state index contributed by atoms with van der Waals surface area (Å²) in [5.41, 5.74) is 1.67. The number of pyridine rings is 1.